The number of thioether (sulfide) groups is 1. The van der Waals surface area contributed by atoms with E-state index in [1.807, 2.05) is 47.0 Å². The standard InChI is InChI=1S/C24H18Cl3N5OS/c1-15(20-12-11-18(26)13-21(20)27)28-29-22(33)14-34-24-31-30-23(16-7-9-17(25)10-8-16)32(24)19-5-3-2-4-6-19/h2-13H,14H2,1H3,(H,29,33)/b28-15-. The van der Waals surface area contributed by atoms with Gasteiger partial charge in [-0.25, -0.2) is 5.43 Å². The Balaban J connectivity index is 1.51. The molecule has 0 aliphatic rings. The summed E-state index contributed by atoms with van der Waals surface area (Å²) in [6.07, 6.45) is 0. The van der Waals surface area contributed by atoms with Crippen molar-refractivity contribution in [2.75, 3.05) is 5.75 Å². The number of para-hydroxylation sites is 1. The Morgan fingerprint density at radius 3 is 2.38 bits per heavy atom. The molecule has 0 saturated heterocycles. The van der Waals surface area contributed by atoms with E-state index in [2.05, 4.69) is 20.7 Å². The van der Waals surface area contributed by atoms with E-state index in [1.54, 1.807) is 37.3 Å². The maximum atomic E-state index is 12.5. The van der Waals surface area contributed by atoms with Crippen LogP contribution < -0.4 is 5.43 Å². The van der Waals surface area contributed by atoms with E-state index < -0.39 is 0 Å². The molecule has 0 bridgehead atoms. The molecule has 0 saturated carbocycles. The number of aromatic nitrogens is 3. The zero-order chi connectivity index (χ0) is 24.1. The van der Waals surface area contributed by atoms with Crippen molar-refractivity contribution < 1.29 is 4.79 Å². The number of halogens is 3. The first kappa shape index (κ1) is 24.3. The highest BCUT2D eigenvalue weighted by molar-refractivity contribution is 7.99. The van der Waals surface area contributed by atoms with Crippen LogP contribution >= 0.6 is 46.6 Å². The Bertz CT molecular complexity index is 1340. The average molecular weight is 531 g/mol. The van der Waals surface area contributed by atoms with Crippen LogP contribution in [0.1, 0.15) is 12.5 Å². The number of rotatable bonds is 7. The summed E-state index contributed by atoms with van der Waals surface area (Å²) in [6, 6.07) is 22.2. The quantitative estimate of drug-likeness (QED) is 0.168. The van der Waals surface area contributed by atoms with Crippen molar-refractivity contribution in [2.24, 2.45) is 5.10 Å². The lowest BCUT2D eigenvalue weighted by Gasteiger charge is -2.10. The molecule has 4 rings (SSSR count). The van der Waals surface area contributed by atoms with Crippen molar-refractivity contribution in [1.29, 1.82) is 0 Å². The van der Waals surface area contributed by atoms with Gasteiger partial charge in [0.05, 0.1) is 16.5 Å². The normalized spacial score (nSPS) is 11.5. The number of benzene rings is 3. The summed E-state index contributed by atoms with van der Waals surface area (Å²) in [5, 5.41) is 15.1. The van der Waals surface area contributed by atoms with E-state index >= 15 is 0 Å². The van der Waals surface area contributed by atoms with E-state index in [0.717, 1.165) is 11.3 Å². The van der Waals surface area contributed by atoms with Crippen LogP contribution in [0.4, 0.5) is 0 Å². The molecule has 172 valence electrons. The minimum absolute atomic E-state index is 0.0940. The molecule has 10 heteroatoms. The molecule has 0 atom stereocenters. The summed E-state index contributed by atoms with van der Waals surface area (Å²) in [5.74, 6) is 0.457. The highest BCUT2D eigenvalue weighted by Crippen LogP contribution is 2.28. The molecular formula is C24H18Cl3N5OS. The number of nitrogens with zero attached hydrogens (tertiary/aromatic N) is 4. The summed E-state index contributed by atoms with van der Waals surface area (Å²) >= 11 is 19.4. The molecule has 0 radical (unpaired) electrons. The summed E-state index contributed by atoms with van der Waals surface area (Å²) in [4.78, 5) is 12.5. The van der Waals surface area contributed by atoms with Gasteiger partial charge in [0.1, 0.15) is 0 Å². The average Bonchev–Trinajstić information content (AvgIpc) is 3.26. The maximum absolute atomic E-state index is 12.5. The van der Waals surface area contributed by atoms with Gasteiger partial charge in [-0.2, -0.15) is 5.10 Å². The zero-order valence-corrected chi connectivity index (χ0v) is 21.0. The van der Waals surface area contributed by atoms with Crippen LogP contribution in [0.15, 0.2) is 83.1 Å². The molecule has 1 amide bonds. The van der Waals surface area contributed by atoms with Gasteiger partial charge in [0, 0.05) is 26.9 Å². The third-order valence-corrected chi connectivity index (χ3v) is 6.48. The van der Waals surface area contributed by atoms with E-state index in [4.69, 9.17) is 34.8 Å². The number of hydrogen-bond acceptors (Lipinski definition) is 5. The predicted molar refractivity (Wildman–Crippen MR) is 139 cm³/mol. The van der Waals surface area contributed by atoms with Crippen LogP contribution in [-0.2, 0) is 4.79 Å². The van der Waals surface area contributed by atoms with Gasteiger partial charge in [0.2, 0.25) is 0 Å². The van der Waals surface area contributed by atoms with Crippen molar-refractivity contribution in [1.82, 2.24) is 20.2 Å². The molecule has 6 nitrogen and oxygen atoms in total. The van der Waals surface area contributed by atoms with Crippen LogP contribution in [0.3, 0.4) is 0 Å². The fourth-order valence-corrected chi connectivity index (χ4v) is 4.53. The Labute approximate surface area is 215 Å². The van der Waals surface area contributed by atoms with E-state index in [1.165, 1.54) is 11.8 Å². The fourth-order valence-electron chi connectivity index (χ4n) is 3.11. The van der Waals surface area contributed by atoms with Gasteiger partial charge in [0.15, 0.2) is 11.0 Å². The molecule has 0 fully saturated rings. The van der Waals surface area contributed by atoms with E-state index in [0.29, 0.717) is 37.3 Å². The first-order valence-electron chi connectivity index (χ1n) is 10.1. The Kier molecular flexibility index (Phi) is 7.90. The molecule has 34 heavy (non-hydrogen) atoms. The molecule has 1 N–H and O–H groups in total. The Morgan fingerprint density at radius 1 is 0.971 bits per heavy atom. The number of carbonyl (C=O) groups excluding carboxylic acids is 1. The predicted octanol–water partition coefficient (Wildman–Crippen LogP) is 6.53. The van der Waals surface area contributed by atoms with Gasteiger partial charge in [0.25, 0.3) is 5.91 Å². The fraction of sp³-hybridized carbons (Fsp3) is 0.0833. The number of hydrazone groups is 1. The smallest absolute Gasteiger partial charge is 0.250 e. The molecule has 0 spiro atoms. The van der Waals surface area contributed by atoms with Crippen LogP contribution in [0, 0.1) is 0 Å². The van der Waals surface area contributed by atoms with Crippen molar-refractivity contribution >= 4 is 58.2 Å². The van der Waals surface area contributed by atoms with Crippen molar-refractivity contribution in [3.05, 3.63) is 93.4 Å². The number of nitrogens with one attached hydrogen (secondary N) is 1. The highest BCUT2D eigenvalue weighted by atomic mass is 35.5. The number of carbonyl (C=O) groups is 1. The third kappa shape index (κ3) is 5.80. The van der Waals surface area contributed by atoms with Crippen molar-refractivity contribution in [3.63, 3.8) is 0 Å². The first-order valence-corrected chi connectivity index (χ1v) is 12.2. The molecule has 0 unspecified atom stereocenters. The molecule has 1 heterocycles. The minimum Gasteiger partial charge on any atom is -0.272 e. The van der Waals surface area contributed by atoms with Gasteiger partial charge in [-0.1, -0.05) is 70.8 Å². The van der Waals surface area contributed by atoms with Gasteiger partial charge in [-0.15, -0.1) is 10.2 Å². The second-order valence-corrected chi connectivity index (χ2v) is 9.35. The van der Waals surface area contributed by atoms with E-state index in [9.17, 15) is 4.79 Å². The molecular weight excluding hydrogens is 513 g/mol. The summed E-state index contributed by atoms with van der Waals surface area (Å²) in [5.41, 5.74) is 5.56. The molecule has 3 aromatic carbocycles. The van der Waals surface area contributed by atoms with Gasteiger partial charge in [-0.3, -0.25) is 9.36 Å². The Morgan fingerprint density at radius 2 is 1.68 bits per heavy atom. The minimum atomic E-state index is -0.287. The lowest BCUT2D eigenvalue weighted by Crippen LogP contribution is -2.21. The summed E-state index contributed by atoms with van der Waals surface area (Å²) in [7, 11) is 0. The highest BCUT2D eigenvalue weighted by Gasteiger charge is 2.17. The zero-order valence-electron chi connectivity index (χ0n) is 17.9. The van der Waals surface area contributed by atoms with Crippen LogP contribution in [0.2, 0.25) is 15.1 Å². The van der Waals surface area contributed by atoms with Crippen LogP contribution in [0.25, 0.3) is 17.1 Å². The monoisotopic (exact) mass is 529 g/mol. The van der Waals surface area contributed by atoms with Crippen molar-refractivity contribution in [2.45, 2.75) is 12.1 Å². The second kappa shape index (κ2) is 11.1. The molecule has 1 aromatic heterocycles. The molecule has 4 aromatic rings. The van der Waals surface area contributed by atoms with E-state index in [-0.39, 0.29) is 11.7 Å². The van der Waals surface area contributed by atoms with Crippen LogP contribution in [0.5, 0.6) is 0 Å². The molecule has 0 aliphatic carbocycles. The SMILES string of the molecule is C/C(=N/NC(=O)CSc1nnc(-c2ccc(Cl)cc2)n1-c1ccccc1)c1ccc(Cl)cc1Cl. The molecule has 0 aliphatic heterocycles. The summed E-state index contributed by atoms with van der Waals surface area (Å²) in [6.45, 7) is 1.76. The number of amides is 1. The van der Waals surface area contributed by atoms with Gasteiger partial charge in [-0.05, 0) is 55.5 Å². The van der Waals surface area contributed by atoms with Gasteiger partial charge >= 0.3 is 0 Å². The van der Waals surface area contributed by atoms with Crippen molar-refractivity contribution in [3.8, 4) is 17.1 Å². The lowest BCUT2D eigenvalue weighted by molar-refractivity contribution is -0.118. The van der Waals surface area contributed by atoms with Gasteiger partial charge < -0.3 is 0 Å². The lowest BCUT2D eigenvalue weighted by atomic mass is 10.1. The first-order chi connectivity index (χ1) is 16.4. The topological polar surface area (TPSA) is 72.2 Å². The largest absolute Gasteiger partial charge is 0.272 e. The number of hydrogen-bond donors (Lipinski definition) is 1. The Hall–Kier alpha value is -2.84. The maximum Gasteiger partial charge on any atom is 0.250 e. The van der Waals surface area contributed by atoms with Crippen LogP contribution in [-0.4, -0.2) is 32.1 Å². The summed E-state index contributed by atoms with van der Waals surface area (Å²) < 4.78 is 1.91. The second-order valence-electron chi connectivity index (χ2n) is 7.13. The third-order valence-electron chi connectivity index (χ3n) is 4.75.